The van der Waals surface area contributed by atoms with Crippen LogP contribution in [0.25, 0.3) is 0 Å². The molecule has 0 aliphatic carbocycles. The average Bonchev–Trinajstić information content (AvgIpc) is 2.34. The zero-order valence-electron chi connectivity index (χ0n) is 13.2. The Kier molecular flexibility index (Phi) is 9.86. The molecule has 0 rings (SSSR count). The summed E-state index contributed by atoms with van der Waals surface area (Å²) in [5, 5.41) is 14.6. The van der Waals surface area contributed by atoms with Crippen molar-refractivity contribution < 1.29 is 14.7 Å². The molecule has 5 nitrogen and oxygen atoms in total. The second-order valence-electron chi connectivity index (χ2n) is 5.77. The fourth-order valence-corrected chi connectivity index (χ4v) is 2.17. The van der Waals surface area contributed by atoms with Gasteiger partial charge in [-0.15, -0.1) is 0 Å². The van der Waals surface area contributed by atoms with Crippen molar-refractivity contribution in [3.63, 3.8) is 0 Å². The number of aliphatic carboxylic acids is 1. The van der Waals surface area contributed by atoms with Gasteiger partial charge in [0.25, 0.3) is 0 Å². The monoisotopic (exact) mass is 286 g/mol. The van der Waals surface area contributed by atoms with E-state index in [9.17, 15) is 9.59 Å². The molecular weight excluding hydrogens is 256 g/mol. The van der Waals surface area contributed by atoms with Gasteiger partial charge in [-0.2, -0.15) is 0 Å². The Morgan fingerprint density at radius 1 is 1.05 bits per heavy atom. The molecule has 0 radical (unpaired) electrons. The van der Waals surface area contributed by atoms with Crippen LogP contribution >= 0.6 is 0 Å². The zero-order chi connectivity index (χ0) is 15.5. The summed E-state index contributed by atoms with van der Waals surface area (Å²) in [4.78, 5) is 23.0. The summed E-state index contributed by atoms with van der Waals surface area (Å²) >= 11 is 0. The minimum Gasteiger partial charge on any atom is -0.480 e. The number of unbranched alkanes of at least 4 members (excludes halogenated alkanes) is 1. The normalized spacial score (nSPS) is 13.8. The smallest absolute Gasteiger partial charge is 0.326 e. The number of carboxylic acid groups (broad SMARTS) is 1. The number of rotatable bonds is 10. The Bertz CT molecular complexity index is 293. The number of hydrogen-bond donors (Lipinski definition) is 3. The van der Waals surface area contributed by atoms with Crippen LogP contribution in [0.4, 0.5) is 4.79 Å². The molecule has 118 valence electrons. The Labute approximate surface area is 122 Å². The van der Waals surface area contributed by atoms with Gasteiger partial charge in [0.2, 0.25) is 0 Å². The van der Waals surface area contributed by atoms with Gasteiger partial charge in [-0.3, -0.25) is 0 Å². The molecule has 1 unspecified atom stereocenters. The largest absolute Gasteiger partial charge is 0.480 e. The third-order valence-electron chi connectivity index (χ3n) is 3.19. The molecule has 2 amide bonds. The lowest BCUT2D eigenvalue weighted by molar-refractivity contribution is -0.139. The van der Waals surface area contributed by atoms with E-state index in [-0.39, 0.29) is 18.0 Å². The molecule has 0 heterocycles. The van der Waals surface area contributed by atoms with Crippen LogP contribution in [0.1, 0.15) is 66.2 Å². The van der Waals surface area contributed by atoms with Gasteiger partial charge in [0.15, 0.2) is 0 Å². The molecule has 20 heavy (non-hydrogen) atoms. The molecule has 0 spiro atoms. The SMILES string of the molecule is CCCCC(CCC)NC(=O)N[C@H](CC(C)C)C(=O)O. The van der Waals surface area contributed by atoms with Crippen molar-refractivity contribution in [1.29, 1.82) is 0 Å². The highest BCUT2D eigenvalue weighted by molar-refractivity contribution is 5.82. The van der Waals surface area contributed by atoms with E-state index in [1.807, 2.05) is 13.8 Å². The third kappa shape index (κ3) is 8.77. The number of hydrogen-bond acceptors (Lipinski definition) is 2. The molecule has 2 atom stereocenters. The van der Waals surface area contributed by atoms with Crippen LogP contribution in [-0.4, -0.2) is 29.2 Å². The predicted octanol–water partition coefficient (Wildman–Crippen LogP) is 3.14. The van der Waals surface area contributed by atoms with Crippen LogP contribution in [0.15, 0.2) is 0 Å². The van der Waals surface area contributed by atoms with Crippen molar-refractivity contribution >= 4 is 12.0 Å². The second-order valence-corrected chi connectivity index (χ2v) is 5.77. The van der Waals surface area contributed by atoms with E-state index in [0.717, 1.165) is 32.1 Å². The molecule has 0 saturated heterocycles. The summed E-state index contributed by atoms with van der Waals surface area (Å²) in [5.74, 6) is -0.752. The summed E-state index contributed by atoms with van der Waals surface area (Å²) < 4.78 is 0. The fourth-order valence-electron chi connectivity index (χ4n) is 2.17. The quantitative estimate of drug-likeness (QED) is 0.577. The van der Waals surface area contributed by atoms with Gasteiger partial charge in [-0.1, -0.05) is 47.0 Å². The molecular formula is C15H30N2O3. The van der Waals surface area contributed by atoms with Crippen molar-refractivity contribution in [3.05, 3.63) is 0 Å². The Morgan fingerprint density at radius 3 is 2.15 bits per heavy atom. The Balaban J connectivity index is 4.35. The minimum atomic E-state index is -0.977. The topological polar surface area (TPSA) is 78.4 Å². The molecule has 0 aliphatic heterocycles. The highest BCUT2D eigenvalue weighted by Gasteiger charge is 2.22. The number of carbonyl (C=O) groups is 2. The maximum Gasteiger partial charge on any atom is 0.326 e. The maximum absolute atomic E-state index is 11.9. The van der Waals surface area contributed by atoms with Crippen LogP contribution in [0.3, 0.4) is 0 Å². The molecule has 0 fully saturated rings. The summed E-state index contributed by atoms with van der Waals surface area (Å²) in [6, 6.07) is -1.05. The lowest BCUT2D eigenvalue weighted by Gasteiger charge is -2.21. The summed E-state index contributed by atoms with van der Waals surface area (Å²) in [6.45, 7) is 8.08. The first-order chi connectivity index (χ1) is 9.40. The molecule has 5 heteroatoms. The van der Waals surface area contributed by atoms with E-state index >= 15 is 0 Å². The van der Waals surface area contributed by atoms with E-state index < -0.39 is 12.0 Å². The van der Waals surface area contributed by atoms with Gasteiger partial charge in [-0.25, -0.2) is 9.59 Å². The van der Waals surface area contributed by atoms with Gasteiger partial charge in [-0.05, 0) is 25.2 Å². The first-order valence-electron chi connectivity index (χ1n) is 7.70. The molecule has 0 bridgehead atoms. The van der Waals surface area contributed by atoms with Crippen molar-refractivity contribution in [1.82, 2.24) is 10.6 Å². The van der Waals surface area contributed by atoms with E-state index in [4.69, 9.17) is 5.11 Å². The standard InChI is InChI=1S/C15H30N2O3/c1-5-7-9-12(8-6-2)16-15(20)17-13(14(18)19)10-11(3)4/h11-13H,5-10H2,1-4H3,(H,18,19)(H2,16,17,20)/t12?,13-/m1/s1. The van der Waals surface area contributed by atoms with Crippen LogP contribution in [-0.2, 0) is 4.79 Å². The van der Waals surface area contributed by atoms with Gasteiger partial charge < -0.3 is 15.7 Å². The molecule has 0 aliphatic rings. The fraction of sp³-hybridized carbons (Fsp3) is 0.867. The third-order valence-corrected chi connectivity index (χ3v) is 3.19. The first-order valence-corrected chi connectivity index (χ1v) is 7.70. The van der Waals surface area contributed by atoms with E-state index in [2.05, 4.69) is 24.5 Å². The van der Waals surface area contributed by atoms with Crippen LogP contribution < -0.4 is 10.6 Å². The molecule has 0 aromatic heterocycles. The number of carboxylic acids is 1. The maximum atomic E-state index is 11.9. The van der Waals surface area contributed by atoms with Crippen LogP contribution in [0, 0.1) is 5.92 Å². The second kappa shape index (κ2) is 10.5. The zero-order valence-corrected chi connectivity index (χ0v) is 13.2. The highest BCUT2D eigenvalue weighted by atomic mass is 16.4. The number of amides is 2. The first kappa shape index (κ1) is 18.7. The predicted molar refractivity (Wildman–Crippen MR) is 80.8 cm³/mol. The Morgan fingerprint density at radius 2 is 1.70 bits per heavy atom. The number of carbonyl (C=O) groups excluding carboxylic acids is 1. The van der Waals surface area contributed by atoms with Crippen LogP contribution in [0.2, 0.25) is 0 Å². The molecule has 0 saturated carbocycles. The molecule has 0 aromatic rings. The number of nitrogens with one attached hydrogen (secondary N) is 2. The van der Waals surface area contributed by atoms with Crippen molar-refractivity contribution in [2.45, 2.75) is 78.3 Å². The van der Waals surface area contributed by atoms with E-state index in [0.29, 0.717) is 6.42 Å². The number of urea groups is 1. The van der Waals surface area contributed by atoms with Crippen molar-refractivity contribution in [2.24, 2.45) is 5.92 Å². The van der Waals surface area contributed by atoms with Crippen molar-refractivity contribution in [2.75, 3.05) is 0 Å². The van der Waals surface area contributed by atoms with Crippen LogP contribution in [0.5, 0.6) is 0 Å². The average molecular weight is 286 g/mol. The summed E-state index contributed by atoms with van der Waals surface area (Å²) in [6.07, 6.45) is 5.47. The highest BCUT2D eigenvalue weighted by Crippen LogP contribution is 2.08. The van der Waals surface area contributed by atoms with E-state index in [1.165, 1.54) is 0 Å². The molecule has 3 N–H and O–H groups in total. The molecule has 0 aromatic carbocycles. The van der Waals surface area contributed by atoms with E-state index in [1.54, 1.807) is 0 Å². The van der Waals surface area contributed by atoms with Gasteiger partial charge in [0, 0.05) is 6.04 Å². The lowest BCUT2D eigenvalue weighted by Crippen LogP contribution is -2.49. The van der Waals surface area contributed by atoms with Gasteiger partial charge in [0.1, 0.15) is 6.04 Å². The minimum absolute atomic E-state index is 0.133. The summed E-state index contributed by atoms with van der Waals surface area (Å²) in [5.41, 5.74) is 0. The lowest BCUT2D eigenvalue weighted by atomic mass is 10.0. The van der Waals surface area contributed by atoms with Crippen molar-refractivity contribution in [3.8, 4) is 0 Å². The van der Waals surface area contributed by atoms with Gasteiger partial charge >= 0.3 is 12.0 Å². The van der Waals surface area contributed by atoms with Gasteiger partial charge in [0.05, 0.1) is 0 Å². The Hall–Kier alpha value is -1.26. The summed E-state index contributed by atoms with van der Waals surface area (Å²) in [7, 11) is 0.